The zero-order chi connectivity index (χ0) is 15.4. The van der Waals surface area contributed by atoms with E-state index in [1.165, 1.54) is 24.4 Å². The Hall–Kier alpha value is -2.31. The van der Waals surface area contributed by atoms with Crippen molar-refractivity contribution in [1.29, 1.82) is 0 Å². The van der Waals surface area contributed by atoms with Gasteiger partial charge in [0.2, 0.25) is 0 Å². The summed E-state index contributed by atoms with van der Waals surface area (Å²) in [6.07, 6.45) is 1.29. The van der Waals surface area contributed by atoms with Crippen LogP contribution in [0.4, 0.5) is 4.79 Å². The van der Waals surface area contributed by atoms with Gasteiger partial charge in [-0.3, -0.25) is 10.1 Å². The van der Waals surface area contributed by atoms with E-state index in [1.54, 1.807) is 18.2 Å². The van der Waals surface area contributed by atoms with Crippen molar-refractivity contribution in [1.82, 2.24) is 10.0 Å². The summed E-state index contributed by atoms with van der Waals surface area (Å²) in [5.74, 6) is -0.778. The molecule has 2 N–H and O–H groups in total. The fraction of sp³-hybridized carbons (Fsp3) is 0. The fourth-order valence-corrected chi connectivity index (χ4v) is 2.09. The van der Waals surface area contributed by atoms with Gasteiger partial charge in [0.25, 0.3) is 5.91 Å². The van der Waals surface area contributed by atoms with Crippen molar-refractivity contribution in [2.45, 2.75) is 0 Å². The van der Waals surface area contributed by atoms with Crippen LogP contribution < -0.4 is 10.8 Å². The molecule has 0 aliphatic heterocycles. The number of carbonyl (C=O) groups excluding carboxylic acids is 2. The normalized spacial score (nSPS) is 11.2. The summed E-state index contributed by atoms with van der Waals surface area (Å²) in [4.78, 5) is 27.1. The van der Waals surface area contributed by atoms with Gasteiger partial charge in [0, 0.05) is 6.20 Å². The second-order valence-electron chi connectivity index (χ2n) is 3.87. The monoisotopic (exact) mass is 325 g/mol. The number of amides is 3. The lowest BCUT2D eigenvalue weighted by atomic mass is 10.2. The van der Waals surface area contributed by atoms with Gasteiger partial charge in [0.05, 0.1) is 15.6 Å². The molecule has 2 aromatic rings. The SMILES string of the molecule is O=C(N=c1ccccn1O)NC(=O)c1c(Cl)cccc1Cl. The number of halogens is 2. The Morgan fingerprint density at radius 3 is 2.38 bits per heavy atom. The fourth-order valence-electron chi connectivity index (χ4n) is 1.52. The van der Waals surface area contributed by atoms with Crippen LogP contribution in [0.5, 0.6) is 0 Å². The van der Waals surface area contributed by atoms with E-state index in [0.29, 0.717) is 4.73 Å². The van der Waals surface area contributed by atoms with E-state index < -0.39 is 11.9 Å². The van der Waals surface area contributed by atoms with Crippen molar-refractivity contribution >= 4 is 35.1 Å². The number of urea groups is 1. The average Bonchev–Trinajstić information content (AvgIpc) is 2.41. The number of nitrogens with one attached hydrogen (secondary N) is 1. The molecule has 0 aliphatic carbocycles. The van der Waals surface area contributed by atoms with E-state index in [4.69, 9.17) is 23.2 Å². The maximum atomic E-state index is 11.9. The third kappa shape index (κ3) is 3.62. The quantitative estimate of drug-likeness (QED) is 0.790. The standard InChI is InChI=1S/C13H9Cl2N3O3/c14-8-4-3-5-9(15)11(8)12(19)17-13(20)16-10-6-1-2-7-18(10)21/h1-7,21H,(H,17,19,20). The van der Waals surface area contributed by atoms with Crippen LogP contribution in [-0.2, 0) is 0 Å². The van der Waals surface area contributed by atoms with Gasteiger partial charge in [0.1, 0.15) is 0 Å². The van der Waals surface area contributed by atoms with Gasteiger partial charge in [-0.2, -0.15) is 9.72 Å². The number of imide groups is 1. The third-order valence-electron chi connectivity index (χ3n) is 2.44. The van der Waals surface area contributed by atoms with E-state index >= 15 is 0 Å². The Balaban J connectivity index is 2.23. The molecule has 0 aliphatic rings. The molecule has 0 atom stereocenters. The highest BCUT2D eigenvalue weighted by molar-refractivity contribution is 6.40. The van der Waals surface area contributed by atoms with Crippen LogP contribution in [0.25, 0.3) is 0 Å². The number of benzene rings is 1. The summed E-state index contributed by atoms with van der Waals surface area (Å²) in [6.45, 7) is 0. The summed E-state index contributed by atoms with van der Waals surface area (Å²) in [5.41, 5.74) is -0.0534. The van der Waals surface area contributed by atoms with Gasteiger partial charge in [-0.05, 0) is 24.3 Å². The first-order valence-corrected chi connectivity index (χ1v) is 6.45. The molecule has 3 amide bonds. The number of hydrogen-bond donors (Lipinski definition) is 2. The Morgan fingerprint density at radius 1 is 1.10 bits per heavy atom. The molecule has 1 heterocycles. The lowest BCUT2D eigenvalue weighted by Gasteiger charge is -2.05. The van der Waals surface area contributed by atoms with Crippen molar-refractivity contribution in [3.63, 3.8) is 0 Å². The molecule has 0 unspecified atom stereocenters. The van der Waals surface area contributed by atoms with E-state index in [1.807, 2.05) is 5.32 Å². The second kappa shape index (κ2) is 6.43. The molecule has 0 fully saturated rings. The number of carbonyl (C=O) groups is 2. The number of pyridine rings is 1. The first-order chi connectivity index (χ1) is 9.99. The number of hydrogen-bond acceptors (Lipinski definition) is 3. The lowest BCUT2D eigenvalue weighted by molar-refractivity contribution is 0.0966. The summed E-state index contributed by atoms with van der Waals surface area (Å²) < 4.78 is 0.645. The predicted octanol–water partition coefficient (Wildman–Crippen LogP) is 2.48. The highest BCUT2D eigenvalue weighted by Gasteiger charge is 2.16. The van der Waals surface area contributed by atoms with Crippen LogP contribution in [0.2, 0.25) is 10.0 Å². The zero-order valence-electron chi connectivity index (χ0n) is 10.5. The van der Waals surface area contributed by atoms with E-state index in [2.05, 4.69) is 4.99 Å². The largest absolute Gasteiger partial charge is 0.427 e. The third-order valence-corrected chi connectivity index (χ3v) is 3.07. The Labute approximate surface area is 129 Å². The topological polar surface area (TPSA) is 83.7 Å². The van der Waals surface area contributed by atoms with Crippen molar-refractivity contribution in [3.8, 4) is 0 Å². The predicted molar refractivity (Wildman–Crippen MR) is 76.5 cm³/mol. The lowest BCUT2D eigenvalue weighted by Crippen LogP contribution is -2.31. The minimum atomic E-state index is -0.954. The zero-order valence-corrected chi connectivity index (χ0v) is 12.0. The van der Waals surface area contributed by atoms with E-state index in [0.717, 1.165) is 0 Å². The smallest absolute Gasteiger partial charge is 0.349 e. The molecular weight excluding hydrogens is 317 g/mol. The summed E-state index contributed by atoms with van der Waals surface area (Å²) in [5, 5.41) is 11.7. The van der Waals surface area contributed by atoms with Gasteiger partial charge in [-0.15, -0.1) is 0 Å². The molecule has 0 saturated carbocycles. The minimum Gasteiger partial charge on any atom is -0.427 e. The molecule has 8 heteroatoms. The van der Waals surface area contributed by atoms with Gasteiger partial charge in [-0.1, -0.05) is 35.3 Å². The van der Waals surface area contributed by atoms with Crippen LogP contribution in [0.15, 0.2) is 47.6 Å². The van der Waals surface area contributed by atoms with Crippen LogP contribution in [0, 0.1) is 0 Å². The van der Waals surface area contributed by atoms with Crippen molar-refractivity contribution in [3.05, 3.63) is 63.7 Å². The van der Waals surface area contributed by atoms with E-state index in [9.17, 15) is 14.8 Å². The summed E-state index contributed by atoms with van der Waals surface area (Å²) in [6, 6.07) is 8.09. The highest BCUT2D eigenvalue weighted by atomic mass is 35.5. The molecule has 0 spiro atoms. The maximum absolute atomic E-state index is 11.9. The molecule has 1 aromatic heterocycles. The summed E-state index contributed by atoms with van der Waals surface area (Å²) >= 11 is 11.7. The molecule has 1 aromatic carbocycles. The molecule has 0 bridgehead atoms. The van der Waals surface area contributed by atoms with Gasteiger partial charge < -0.3 is 5.21 Å². The van der Waals surface area contributed by atoms with Gasteiger partial charge in [-0.25, -0.2) is 4.79 Å². The Bertz CT molecular complexity index is 751. The molecular formula is C13H9Cl2N3O3. The number of rotatable bonds is 1. The molecule has 21 heavy (non-hydrogen) atoms. The molecule has 0 saturated heterocycles. The van der Waals surface area contributed by atoms with Crippen LogP contribution in [0.1, 0.15) is 10.4 Å². The van der Waals surface area contributed by atoms with Crippen LogP contribution in [-0.4, -0.2) is 21.9 Å². The minimum absolute atomic E-state index is 0.0191. The van der Waals surface area contributed by atoms with E-state index in [-0.39, 0.29) is 21.1 Å². The Morgan fingerprint density at radius 2 is 1.76 bits per heavy atom. The van der Waals surface area contributed by atoms with Crippen molar-refractivity contribution < 1.29 is 14.8 Å². The molecule has 2 rings (SSSR count). The maximum Gasteiger partial charge on any atom is 0.349 e. The number of nitrogens with zero attached hydrogens (tertiary/aromatic N) is 2. The number of aromatic nitrogens is 1. The first kappa shape index (κ1) is 15.1. The van der Waals surface area contributed by atoms with Crippen molar-refractivity contribution in [2.75, 3.05) is 0 Å². The van der Waals surface area contributed by atoms with Gasteiger partial charge >= 0.3 is 6.03 Å². The van der Waals surface area contributed by atoms with Crippen molar-refractivity contribution in [2.24, 2.45) is 4.99 Å². The second-order valence-corrected chi connectivity index (χ2v) is 4.69. The molecule has 0 radical (unpaired) electrons. The van der Waals surface area contributed by atoms with Crippen LogP contribution >= 0.6 is 23.2 Å². The highest BCUT2D eigenvalue weighted by Crippen LogP contribution is 2.23. The average molecular weight is 326 g/mol. The van der Waals surface area contributed by atoms with Crippen LogP contribution in [0.3, 0.4) is 0 Å². The Kier molecular flexibility index (Phi) is 4.62. The van der Waals surface area contributed by atoms with Gasteiger partial charge in [0.15, 0.2) is 5.49 Å². The summed E-state index contributed by atoms with van der Waals surface area (Å²) in [7, 11) is 0. The molecule has 6 nitrogen and oxygen atoms in total. The first-order valence-electron chi connectivity index (χ1n) is 5.70. The molecule has 108 valence electrons.